The number of hydrogen-bond acceptors (Lipinski definition) is 5. The van der Waals surface area contributed by atoms with Crippen molar-refractivity contribution in [3.63, 3.8) is 0 Å². The van der Waals surface area contributed by atoms with Crippen LogP contribution in [0.2, 0.25) is 0 Å². The molecule has 1 rings (SSSR count). The van der Waals surface area contributed by atoms with Crippen LogP contribution in [-0.4, -0.2) is 59.7 Å². The van der Waals surface area contributed by atoms with E-state index < -0.39 is 39.8 Å². The van der Waals surface area contributed by atoms with Crippen LogP contribution in [0.5, 0.6) is 0 Å². The van der Waals surface area contributed by atoms with Crippen molar-refractivity contribution in [1.29, 1.82) is 0 Å². The zero-order valence-corrected chi connectivity index (χ0v) is 13.8. The van der Waals surface area contributed by atoms with E-state index in [1.807, 2.05) is 0 Å². The summed E-state index contributed by atoms with van der Waals surface area (Å²) < 4.78 is 27.7. The molecule has 11 heteroatoms. The van der Waals surface area contributed by atoms with Gasteiger partial charge in [0.1, 0.15) is 0 Å². The summed E-state index contributed by atoms with van der Waals surface area (Å²) in [6.45, 7) is 5.54. The molecule has 0 aromatic heterocycles. The third kappa shape index (κ3) is 4.43. The molecule has 1 saturated heterocycles. The number of nitrogens with one attached hydrogen (secondary N) is 1. The van der Waals surface area contributed by atoms with Gasteiger partial charge in [-0.15, -0.1) is 6.58 Å². The molecule has 1 fully saturated rings. The highest BCUT2D eigenvalue weighted by molar-refractivity contribution is 7.87. The predicted molar refractivity (Wildman–Crippen MR) is 82.6 cm³/mol. The number of carboxylic acid groups (broad SMARTS) is 1. The van der Waals surface area contributed by atoms with E-state index in [0.29, 0.717) is 0 Å². The van der Waals surface area contributed by atoms with Crippen LogP contribution >= 0.6 is 0 Å². The normalized spacial score (nSPS) is 25.8. The predicted octanol–water partition coefficient (Wildman–Crippen LogP) is 0.233. The van der Waals surface area contributed by atoms with E-state index in [1.165, 1.54) is 19.9 Å². The fourth-order valence-corrected chi connectivity index (χ4v) is 3.81. The Morgan fingerprint density at radius 2 is 2.26 bits per heavy atom. The maximum absolute atomic E-state index is 12.3. The van der Waals surface area contributed by atoms with Gasteiger partial charge in [0.2, 0.25) is 0 Å². The summed E-state index contributed by atoms with van der Waals surface area (Å²) in [6, 6.07) is 0. The van der Waals surface area contributed by atoms with Crippen LogP contribution in [0.25, 0.3) is 10.4 Å². The molecule has 2 atom stereocenters. The Morgan fingerprint density at radius 1 is 1.65 bits per heavy atom. The van der Waals surface area contributed by atoms with E-state index >= 15 is 0 Å². The van der Waals surface area contributed by atoms with E-state index in [4.69, 9.17) is 5.53 Å². The quantitative estimate of drug-likeness (QED) is 0.248. The number of carboxylic acids is 1. The number of aliphatic carboxylic acids is 1. The van der Waals surface area contributed by atoms with Gasteiger partial charge >= 0.3 is 5.97 Å². The minimum absolute atomic E-state index is 0.126. The summed E-state index contributed by atoms with van der Waals surface area (Å²) >= 11 is 0. The van der Waals surface area contributed by atoms with Gasteiger partial charge < -0.3 is 10.2 Å². The Labute approximate surface area is 134 Å². The van der Waals surface area contributed by atoms with Crippen molar-refractivity contribution in [2.24, 2.45) is 11.0 Å². The first-order valence-corrected chi connectivity index (χ1v) is 8.30. The van der Waals surface area contributed by atoms with Gasteiger partial charge in [0.25, 0.3) is 10.2 Å². The number of allylic oxidation sites excluding steroid dienone is 1. The van der Waals surface area contributed by atoms with E-state index in [-0.39, 0.29) is 19.5 Å². The number of aliphatic hydroxyl groups is 1. The van der Waals surface area contributed by atoms with Crippen molar-refractivity contribution in [1.82, 2.24) is 9.03 Å². The molecular formula is C12H21N5O5S. The first-order chi connectivity index (χ1) is 10.5. The van der Waals surface area contributed by atoms with Crippen molar-refractivity contribution in [2.75, 3.05) is 19.6 Å². The topological polar surface area (TPSA) is 156 Å². The van der Waals surface area contributed by atoms with E-state index in [2.05, 4.69) is 21.3 Å². The molecule has 0 aromatic carbocycles. The third-order valence-corrected chi connectivity index (χ3v) is 5.06. The third-order valence-electron chi connectivity index (χ3n) is 3.59. The summed E-state index contributed by atoms with van der Waals surface area (Å²) in [6.07, 6.45) is 1.64. The van der Waals surface area contributed by atoms with Crippen LogP contribution in [0.3, 0.4) is 0 Å². The second-order valence-corrected chi connectivity index (χ2v) is 7.83. The average Bonchev–Trinajstić information content (AvgIpc) is 2.78. The molecule has 0 radical (unpaired) electrons. The van der Waals surface area contributed by atoms with Gasteiger partial charge in [0.05, 0.1) is 5.60 Å². The van der Waals surface area contributed by atoms with E-state index in [1.54, 1.807) is 0 Å². The van der Waals surface area contributed by atoms with Crippen LogP contribution in [0, 0.1) is 5.92 Å². The Hall–Kier alpha value is -1.65. The lowest BCUT2D eigenvalue weighted by Crippen LogP contribution is -2.48. The fourth-order valence-electron chi connectivity index (χ4n) is 2.35. The van der Waals surface area contributed by atoms with Gasteiger partial charge in [-0.3, -0.25) is 4.79 Å². The maximum Gasteiger partial charge on any atom is 0.317 e. The largest absolute Gasteiger partial charge is 0.481 e. The lowest BCUT2D eigenvalue weighted by Gasteiger charge is -2.24. The van der Waals surface area contributed by atoms with Crippen LogP contribution in [0.15, 0.2) is 17.8 Å². The standard InChI is InChI=1S/C12H21N5O5S/c1-4-5-9-6-17(8-12(9,10(18)19)15-16-13)23(21,22)14-7-11(2,3)20/h4,9,14,20H,1,5-8H2,2-3H3,(H,18,19)/t9-,12-/m0/s1. The van der Waals surface area contributed by atoms with Crippen molar-refractivity contribution in [3.05, 3.63) is 23.1 Å². The second-order valence-electron chi connectivity index (χ2n) is 6.07. The Bertz CT molecular complexity index is 618. The molecule has 1 aliphatic heterocycles. The molecule has 23 heavy (non-hydrogen) atoms. The van der Waals surface area contributed by atoms with Crippen molar-refractivity contribution < 1.29 is 23.4 Å². The Morgan fingerprint density at radius 3 is 2.70 bits per heavy atom. The Kier molecular flexibility index (Phi) is 5.78. The number of rotatable bonds is 8. The highest BCUT2D eigenvalue weighted by Gasteiger charge is 2.54. The van der Waals surface area contributed by atoms with Crippen LogP contribution in [0.4, 0.5) is 0 Å². The van der Waals surface area contributed by atoms with Crippen LogP contribution < -0.4 is 4.72 Å². The molecule has 0 unspecified atom stereocenters. The first-order valence-electron chi connectivity index (χ1n) is 6.86. The molecule has 0 aromatic rings. The molecular weight excluding hydrogens is 326 g/mol. The lowest BCUT2D eigenvalue weighted by atomic mass is 9.85. The smallest absolute Gasteiger partial charge is 0.317 e. The summed E-state index contributed by atoms with van der Waals surface area (Å²) in [4.78, 5) is 14.2. The fraction of sp³-hybridized carbons (Fsp3) is 0.750. The molecule has 0 saturated carbocycles. The van der Waals surface area contributed by atoms with Crippen molar-refractivity contribution in [3.8, 4) is 0 Å². The maximum atomic E-state index is 12.3. The summed E-state index contributed by atoms with van der Waals surface area (Å²) in [5, 5.41) is 22.4. The highest BCUT2D eigenvalue weighted by Crippen LogP contribution is 2.36. The van der Waals surface area contributed by atoms with Crippen LogP contribution in [-0.2, 0) is 15.0 Å². The van der Waals surface area contributed by atoms with Gasteiger partial charge in [-0.2, -0.15) is 17.4 Å². The molecule has 10 nitrogen and oxygen atoms in total. The number of carbonyl (C=O) groups is 1. The number of azide groups is 1. The monoisotopic (exact) mass is 347 g/mol. The summed E-state index contributed by atoms with van der Waals surface area (Å²) in [5.74, 6) is -2.12. The molecule has 3 N–H and O–H groups in total. The summed E-state index contributed by atoms with van der Waals surface area (Å²) in [7, 11) is -4.02. The highest BCUT2D eigenvalue weighted by atomic mass is 32.2. The Balaban J connectivity index is 3.11. The zero-order chi connectivity index (χ0) is 17.9. The minimum Gasteiger partial charge on any atom is -0.481 e. The van der Waals surface area contributed by atoms with Crippen LogP contribution in [0.1, 0.15) is 20.3 Å². The van der Waals surface area contributed by atoms with E-state index in [0.717, 1.165) is 4.31 Å². The van der Waals surface area contributed by atoms with E-state index in [9.17, 15) is 23.4 Å². The minimum atomic E-state index is -4.02. The average molecular weight is 347 g/mol. The molecule has 1 aliphatic rings. The van der Waals surface area contributed by atoms with Gasteiger partial charge in [-0.1, -0.05) is 11.2 Å². The van der Waals surface area contributed by atoms with Gasteiger partial charge in [-0.25, -0.2) is 0 Å². The molecule has 130 valence electrons. The zero-order valence-electron chi connectivity index (χ0n) is 13.0. The van der Waals surface area contributed by atoms with Gasteiger partial charge in [0.15, 0.2) is 5.54 Å². The molecule has 1 heterocycles. The second kappa shape index (κ2) is 6.85. The first kappa shape index (κ1) is 19.4. The van der Waals surface area contributed by atoms with Gasteiger partial charge in [-0.05, 0) is 31.7 Å². The number of hydrogen-bond donors (Lipinski definition) is 3. The molecule has 0 amide bonds. The lowest BCUT2D eigenvalue weighted by molar-refractivity contribution is -0.144. The van der Waals surface area contributed by atoms with Crippen molar-refractivity contribution >= 4 is 16.2 Å². The van der Waals surface area contributed by atoms with Gasteiger partial charge in [0, 0.05) is 24.5 Å². The molecule has 0 aliphatic carbocycles. The van der Waals surface area contributed by atoms with Crippen molar-refractivity contribution in [2.45, 2.75) is 31.4 Å². The number of nitrogens with zero attached hydrogens (tertiary/aromatic N) is 4. The molecule has 0 spiro atoms. The SMILES string of the molecule is C=CC[C@H]1CN(S(=O)(=O)NCC(C)(C)O)C[C@@]1(N=[N+]=[N-])C(=O)O. The molecule has 0 bridgehead atoms. The summed E-state index contributed by atoms with van der Waals surface area (Å²) in [5.41, 5.74) is 5.53.